The highest BCUT2D eigenvalue weighted by Gasteiger charge is 2.47. The Labute approximate surface area is 190 Å². The molecule has 2 aromatic rings. The maximum Gasteiger partial charge on any atom is 0.262 e. The van der Waals surface area contributed by atoms with Crippen LogP contribution in [-0.4, -0.2) is 25.1 Å². The summed E-state index contributed by atoms with van der Waals surface area (Å²) in [6.45, 7) is 6.01. The number of sulfonamides is 1. The van der Waals surface area contributed by atoms with E-state index >= 15 is 0 Å². The lowest BCUT2D eigenvalue weighted by molar-refractivity contribution is -0.140. The summed E-state index contributed by atoms with van der Waals surface area (Å²) >= 11 is 0. The fraction of sp³-hybridized carbons (Fsp3) is 0.440. The fourth-order valence-electron chi connectivity index (χ4n) is 4.75. The number of hydrogen-bond acceptors (Lipinski definition) is 4. The molecule has 2 fully saturated rings. The zero-order chi connectivity index (χ0) is 23.0. The number of amides is 2. The van der Waals surface area contributed by atoms with Crippen LogP contribution in [0.15, 0.2) is 47.4 Å². The number of likely N-dealkylation sites (tertiary alicyclic amines) is 1. The van der Waals surface area contributed by atoms with Crippen molar-refractivity contribution in [2.24, 2.45) is 11.8 Å². The first-order chi connectivity index (χ1) is 15.2. The number of fused-ring (bicyclic) bond motifs is 1. The Balaban J connectivity index is 1.55. The number of carbonyl (C=O) groups is 2. The van der Waals surface area contributed by atoms with Crippen molar-refractivity contribution < 1.29 is 18.0 Å². The van der Waals surface area contributed by atoms with Gasteiger partial charge in [-0.3, -0.25) is 19.2 Å². The van der Waals surface area contributed by atoms with Crippen molar-refractivity contribution in [2.75, 3.05) is 4.72 Å². The zero-order valence-corrected chi connectivity index (χ0v) is 19.6. The normalized spacial score (nSPS) is 21.2. The third kappa shape index (κ3) is 4.31. The lowest BCUT2D eigenvalue weighted by atomic mass is 9.81. The molecule has 0 aromatic heterocycles. The predicted molar refractivity (Wildman–Crippen MR) is 124 cm³/mol. The number of benzene rings is 2. The molecule has 2 atom stereocenters. The van der Waals surface area contributed by atoms with Crippen molar-refractivity contribution in [1.82, 2.24) is 4.90 Å². The highest BCUT2D eigenvalue weighted by molar-refractivity contribution is 7.92. The summed E-state index contributed by atoms with van der Waals surface area (Å²) in [6, 6.07) is 12.4. The summed E-state index contributed by atoms with van der Waals surface area (Å²) in [5.74, 6) is -0.290. The van der Waals surface area contributed by atoms with Gasteiger partial charge in [0, 0.05) is 5.69 Å². The van der Waals surface area contributed by atoms with Crippen LogP contribution in [0.25, 0.3) is 0 Å². The molecule has 2 aromatic carbocycles. The quantitative estimate of drug-likeness (QED) is 0.647. The molecule has 1 saturated heterocycles. The minimum Gasteiger partial charge on any atom is -0.280 e. The topological polar surface area (TPSA) is 83.6 Å². The number of anilines is 1. The number of nitrogens with zero attached hydrogens (tertiary/aromatic N) is 1. The number of rotatable bonds is 6. The van der Waals surface area contributed by atoms with Gasteiger partial charge < -0.3 is 0 Å². The highest BCUT2D eigenvalue weighted by atomic mass is 32.2. The van der Waals surface area contributed by atoms with E-state index in [1.165, 1.54) is 4.90 Å². The van der Waals surface area contributed by atoms with Crippen LogP contribution < -0.4 is 4.72 Å². The first kappa shape index (κ1) is 22.5. The van der Waals surface area contributed by atoms with Crippen LogP contribution in [-0.2, 0) is 26.2 Å². The fourth-order valence-corrected chi connectivity index (χ4v) is 6.10. The molecule has 2 aliphatic rings. The summed E-state index contributed by atoms with van der Waals surface area (Å²) < 4.78 is 28.9. The zero-order valence-electron chi connectivity index (χ0n) is 18.8. The molecular formula is C25H30N2O4S. The molecule has 4 rings (SSSR count). The van der Waals surface area contributed by atoms with Gasteiger partial charge >= 0.3 is 0 Å². The maximum absolute atomic E-state index is 13.1. The van der Waals surface area contributed by atoms with Gasteiger partial charge in [0.2, 0.25) is 11.8 Å². The second-order valence-electron chi connectivity index (χ2n) is 9.24. The Bertz CT molecular complexity index is 1120. The predicted octanol–water partition coefficient (Wildman–Crippen LogP) is 4.59. The molecule has 1 aliphatic heterocycles. The van der Waals surface area contributed by atoms with Crippen LogP contribution in [0.5, 0.6) is 0 Å². The Hall–Kier alpha value is -2.67. The lowest BCUT2D eigenvalue weighted by Gasteiger charge is -2.19. The molecule has 32 heavy (non-hydrogen) atoms. The molecular weight excluding hydrogens is 424 g/mol. The molecule has 0 bridgehead atoms. The Morgan fingerprint density at radius 1 is 0.969 bits per heavy atom. The van der Waals surface area contributed by atoms with Crippen LogP contribution in [0.4, 0.5) is 5.69 Å². The first-order valence-electron chi connectivity index (χ1n) is 11.2. The largest absolute Gasteiger partial charge is 0.280 e. The molecule has 1 N–H and O–H groups in total. The van der Waals surface area contributed by atoms with E-state index in [2.05, 4.69) is 18.6 Å². The van der Waals surface area contributed by atoms with Crippen molar-refractivity contribution in [1.29, 1.82) is 0 Å². The van der Waals surface area contributed by atoms with E-state index in [0.717, 1.165) is 31.2 Å². The Morgan fingerprint density at radius 2 is 1.56 bits per heavy atom. The third-order valence-corrected chi connectivity index (χ3v) is 8.17. The average Bonchev–Trinajstić information content (AvgIpc) is 3.00. The van der Waals surface area contributed by atoms with Crippen LogP contribution in [0.1, 0.15) is 62.1 Å². The molecule has 0 spiro atoms. The highest BCUT2D eigenvalue weighted by Crippen LogP contribution is 2.38. The molecule has 2 amide bonds. The first-order valence-corrected chi connectivity index (χ1v) is 12.7. The molecule has 1 aliphatic carbocycles. The number of imide groups is 1. The molecule has 1 heterocycles. The van der Waals surface area contributed by atoms with Gasteiger partial charge in [0.05, 0.1) is 23.3 Å². The maximum atomic E-state index is 13.1. The Morgan fingerprint density at radius 3 is 2.12 bits per heavy atom. The summed E-state index contributed by atoms with van der Waals surface area (Å²) in [5, 5.41) is 0. The van der Waals surface area contributed by atoms with Gasteiger partial charge in [0.25, 0.3) is 10.0 Å². The molecule has 6 nitrogen and oxygen atoms in total. The van der Waals surface area contributed by atoms with E-state index in [-0.39, 0.29) is 35.1 Å². The van der Waals surface area contributed by atoms with Gasteiger partial charge in [-0.2, -0.15) is 0 Å². The minimum absolute atomic E-state index is 0.108. The van der Waals surface area contributed by atoms with E-state index in [9.17, 15) is 18.0 Å². The lowest BCUT2D eigenvalue weighted by Crippen LogP contribution is -2.30. The second kappa shape index (κ2) is 8.70. The van der Waals surface area contributed by atoms with Gasteiger partial charge in [-0.15, -0.1) is 0 Å². The molecule has 0 radical (unpaired) electrons. The summed E-state index contributed by atoms with van der Waals surface area (Å²) in [4.78, 5) is 27.1. The van der Waals surface area contributed by atoms with E-state index < -0.39 is 10.0 Å². The molecule has 170 valence electrons. The Kier molecular flexibility index (Phi) is 6.12. The molecule has 2 unspecified atom stereocenters. The monoisotopic (exact) mass is 454 g/mol. The van der Waals surface area contributed by atoms with E-state index in [1.54, 1.807) is 37.3 Å². The van der Waals surface area contributed by atoms with Gasteiger partial charge in [-0.05, 0) is 60.6 Å². The average molecular weight is 455 g/mol. The number of nitrogens with one attached hydrogen (secondary N) is 1. The van der Waals surface area contributed by atoms with Crippen molar-refractivity contribution in [3.63, 3.8) is 0 Å². The molecule has 1 saturated carbocycles. The van der Waals surface area contributed by atoms with Crippen LogP contribution in [0, 0.1) is 18.8 Å². The number of aryl methyl sites for hydroxylation is 1. The van der Waals surface area contributed by atoms with Crippen molar-refractivity contribution in [2.45, 2.75) is 63.8 Å². The van der Waals surface area contributed by atoms with Gasteiger partial charge in [-0.1, -0.05) is 51.0 Å². The number of carbonyl (C=O) groups excluding carboxylic acids is 2. The SMILES string of the molecule is Cc1ccc(CN2C(=O)C3CCCCC3C2=O)cc1S(=O)(=O)Nc1ccc(C(C)C)cc1. The summed E-state index contributed by atoms with van der Waals surface area (Å²) in [7, 11) is -3.82. The van der Waals surface area contributed by atoms with Crippen LogP contribution in [0.3, 0.4) is 0 Å². The van der Waals surface area contributed by atoms with E-state index in [1.807, 2.05) is 12.1 Å². The van der Waals surface area contributed by atoms with Crippen LogP contribution >= 0.6 is 0 Å². The van der Waals surface area contributed by atoms with E-state index in [4.69, 9.17) is 0 Å². The van der Waals surface area contributed by atoms with Crippen molar-refractivity contribution >= 4 is 27.5 Å². The van der Waals surface area contributed by atoms with Gasteiger partial charge in [-0.25, -0.2) is 8.42 Å². The van der Waals surface area contributed by atoms with E-state index in [0.29, 0.717) is 22.7 Å². The van der Waals surface area contributed by atoms with Gasteiger partial charge in [0.15, 0.2) is 0 Å². The van der Waals surface area contributed by atoms with Gasteiger partial charge in [0.1, 0.15) is 0 Å². The summed E-state index contributed by atoms with van der Waals surface area (Å²) in [5.41, 5.74) is 2.86. The van der Waals surface area contributed by atoms with Crippen molar-refractivity contribution in [3.8, 4) is 0 Å². The smallest absolute Gasteiger partial charge is 0.262 e. The third-order valence-electron chi connectivity index (χ3n) is 6.64. The molecule has 7 heteroatoms. The minimum atomic E-state index is -3.82. The van der Waals surface area contributed by atoms with Crippen molar-refractivity contribution in [3.05, 3.63) is 59.2 Å². The standard InChI is InChI=1S/C25H30N2O4S/c1-16(2)19-10-12-20(13-11-19)26-32(30,31)23-14-18(9-8-17(23)3)15-27-24(28)21-6-4-5-7-22(21)25(27)29/h8-14,16,21-22,26H,4-7,15H2,1-3H3. The summed E-state index contributed by atoms with van der Waals surface area (Å²) in [6.07, 6.45) is 3.48. The van der Waals surface area contributed by atoms with Crippen LogP contribution in [0.2, 0.25) is 0 Å². The number of hydrogen-bond donors (Lipinski definition) is 1. The second-order valence-corrected chi connectivity index (χ2v) is 10.9.